The van der Waals surface area contributed by atoms with Gasteiger partial charge in [-0.2, -0.15) is 0 Å². The van der Waals surface area contributed by atoms with E-state index in [0.29, 0.717) is 11.2 Å². The summed E-state index contributed by atoms with van der Waals surface area (Å²) in [7, 11) is 0. The van der Waals surface area contributed by atoms with Gasteiger partial charge in [-0.1, -0.05) is 26.0 Å². The molecule has 2 N–H and O–H groups in total. The van der Waals surface area contributed by atoms with E-state index in [9.17, 15) is 0 Å². The number of thiocarbonyl (C=S) groups is 1. The first-order valence-electron chi connectivity index (χ1n) is 6.22. The van der Waals surface area contributed by atoms with E-state index in [1.165, 1.54) is 11.1 Å². The minimum atomic E-state index is 0.458. The van der Waals surface area contributed by atoms with Crippen molar-refractivity contribution in [2.45, 2.75) is 46.6 Å². The van der Waals surface area contributed by atoms with E-state index >= 15 is 0 Å². The Bertz CT molecular complexity index is 384. The molecule has 0 bridgehead atoms. The van der Waals surface area contributed by atoms with Crippen molar-refractivity contribution >= 4 is 23.0 Å². The maximum absolute atomic E-state index is 5.33. The zero-order valence-corrected chi connectivity index (χ0v) is 11.9. The van der Waals surface area contributed by atoms with Gasteiger partial charge in [0, 0.05) is 11.7 Å². The van der Waals surface area contributed by atoms with Crippen molar-refractivity contribution in [2.24, 2.45) is 0 Å². The molecule has 3 heteroatoms. The predicted octanol–water partition coefficient (Wildman–Crippen LogP) is 3.78. The highest BCUT2D eigenvalue weighted by Gasteiger charge is 2.06. The minimum Gasteiger partial charge on any atom is -0.360 e. The molecule has 0 saturated carbocycles. The van der Waals surface area contributed by atoms with Gasteiger partial charge in [-0.05, 0) is 56.1 Å². The lowest BCUT2D eigenvalue weighted by Crippen LogP contribution is -2.37. The van der Waals surface area contributed by atoms with Crippen LogP contribution in [-0.2, 0) is 0 Å². The van der Waals surface area contributed by atoms with Crippen molar-refractivity contribution in [2.75, 3.05) is 5.32 Å². The molecular weight excluding hydrogens is 228 g/mol. The lowest BCUT2D eigenvalue weighted by Gasteiger charge is -2.19. The lowest BCUT2D eigenvalue weighted by molar-refractivity contribution is 0.573. The Kier molecular flexibility index (Phi) is 5.42. The zero-order chi connectivity index (χ0) is 12.8. The topological polar surface area (TPSA) is 24.1 Å². The Balaban J connectivity index is 2.65. The average molecular weight is 250 g/mol. The Morgan fingerprint density at radius 1 is 1.24 bits per heavy atom. The van der Waals surface area contributed by atoms with Gasteiger partial charge >= 0.3 is 0 Å². The second kappa shape index (κ2) is 6.60. The summed E-state index contributed by atoms with van der Waals surface area (Å²) in [6.07, 6.45) is 2.18. The van der Waals surface area contributed by atoms with Crippen LogP contribution >= 0.6 is 12.2 Å². The van der Waals surface area contributed by atoms with Crippen molar-refractivity contribution in [1.29, 1.82) is 0 Å². The summed E-state index contributed by atoms with van der Waals surface area (Å²) in [5.74, 6) is 0. The molecule has 1 rings (SSSR count). The average Bonchev–Trinajstić information content (AvgIpc) is 2.32. The molecule has 0 atom stereocenters. The van der Waals surface area contributed by atoms with Crippen LogP contribution in [0.5, 0.6) is 0 Å². The molecule has 17 heavy (non-hydrogen) atoms. The van der Waals surface area contributed by atoms with Gasteiger partial charge in [-0.3, -0.25) is 0 Å². The fourth-order valence-corrected chi connectivity index (χ4v) is 2.00. The monoisotopic (exact) mass is 250 g/mol. The van der Waals surface area contributed by atoms with Crippen molar-refractivity contribution in [3.63, 3.8) is 0 Å². The van der Waals surface area contributed by atoms with Gasteiger partial charge in [0.1, 0.15) is 0 Å². The van der Waals surface area contributed by atoms with Crippen molar-refractivity contribution in [3.05, 3.63) is 29.3 Å². The third-order valence-corrected chi connectivity index (χ3v) is 3.39. The van der Waals surface area contributed by atoms with Crippen LogP contribution in [0, 0.1) is 13.8 Å². The van der Waals surface area contributed by atoms with Gasteiger partial charge in [0.15, 0.2) is 5.11 Å². The highest BCUT2D eigenvalue weighted by Crippen LogP contribution is 2.17. The van der Waals surface area contributed by atoms with Gasteiger partial charge in [0.05, 0.1) is 0 Å². The standard InChI is InChI=1S/C14H22N2S/c1-5-12(6-2)15-14(17)16-13-9-7-8-10(3)11(13)4/h7-9,12H,5-6H2,1-4H3,(H2,15,16,17). The summed E-state index contributed by atoms with van der Waals surface area (Å²) in [5, 5.41) is 7.32. The quantitative estimate of drug-likeness (QED) is 0.795. The summed E-state index contributed by atoms with van der Waals surface area (Å²) < 4.78 is 0. The molecule has 1 aromatic rings. The molecule has 0 aliphatic heterocycles. The molecule has 2 nitrogen and oxygen atoms in total. The fourth-order valence-electron chi connectivity index (χ4n) is 1.72. The highest BCUT2D eigenvalue weighted by atomic mass is 32.1. The Morgan fingerprint density at radius 2 is 1.88 bits per heavy atom. The molecule has 0 aliphatic carbocycles. The molecule has 0 amide bonds. The molecule has 0 unspecified atom stereocenters. The van der Waals surface area contributed by atoms with Gasteiger partial charge < -0.3 is 10.6 Å². The Labute approximate surface area is 110 Å². The van der Waals surface area contributed by atoms with E-state index in [2.05, 4.69) is 50.5 Å². The Hall–Kier alpha value is -1.09. The predicted molar refractivity (Wildman–Crippen MR) is 79.6 cm³/mol. The summed E-state index contributed by atoms with van der Waals surface area (Å²) in [4.78, 5) is 0. The maximum Gasteiger partial charge on any atom is 0.171 e. The normalized spacial score (nSPS) is 10.4. The summed E-state index contributed by atoms with van der Waals surface area (Å²) in [6.45, 7) is 8.55. The van der Waals surface area contributed by atoms with E-state index < -0.39 is 0 Å². The van der Waals surface area contributed by atoms with Crippen LogP contribution in [0.3, 0.4) is 0 Å². The highest BCUT2D eigenvalue weighted by molar-refractivity contribution is 7.80. The van der Waals surface area contributed by atoms with E-state index in [1.54, 1.807) is 0 Å². The van der Waals surface area contributed by atoms with Crippen LogP contribution in [0.4, 0.5) is 5.69 Å². The lowest BCUT2D eigenvalue weighted by atomic mass is 10.1. The number of hydrogen-bond acceptors (Lipinski definition) is 1. The van der Waals surface area contributed by atoms with E-state index in [-0.39, 0.29) is 0 Å². The van der Waals surface area contributed by atoms with Crippen LogP contribution in [0.1, 0.15) is 37.8 Å². The molecule has 0 aliphatic rings. The van der Waals surface area contributed by atoms with Gasteiger partial charge in [0.2, 0.25) is 0 Å². The number of aryl methyl sites for hydroxylation is 1. The van der Waals surface area contributed by atoms with Crippen molar-refractivity contribution in [3.8, 4) is 0 Å². The van der Waals surface area contributed by atoms with Gasteiger partial charge in [-0.25, -0.2) is 0 Å². The first kappa shape index (κ1) is 14.0. The number of benzene rings is 1. The summed E-state index contributed by atoms with van der Waals surface area (Å²) in [5.41, 5.74) is 3.62. The summed E-state index contributed by atoms with van der Waals surface area (Å²) in [6, 6.07) is 6.67. The number of rotatable bonds is 4. The first-order valence-corrected chi connectivity index (χ1v) is 6.63. The fraction of sp³-hybridized carbons (Fsp3) is 0.500. The zero-order valence-electron chi connectivity index (χ0n) is 11.1. The molecule has 0 spiro atoms. The van der Waals surface area contributed by atoms with Crippen LogP contribution in [0.25, 0.3) is 0 Å². The molecule has 94 valence electrons. The second-order valence-corrected chi connectivity index (χ2v) is 4.77. The number of anilines is 1. The number of hydrogen-bond donors (Lipinski definition) is 2. The van der Waals surface area contributed by atoms with Gasteiger partial charge in [-0.15, -0.1) is 0 Å². The van der Waals surface area contributed by atoms with E-state index in [0.717, 1.165) is 18.5 Å². The largest absolute Gasteiger partial charge is 0.360 e. The minimum absolute atomic E-state index is 0.458. The molecule has 1 aromatic carbocycles. The Morgan fingerprint density at radius 3 is 2.47 bits per heavy atom. The molecule has 0 saturated heterocycles. The number of nitrogens with one attached hydrogen (secondary N) is 2. The van der Waals surface area contributed by atoms with Crippen LogP contribution in [-0.4, -0.2) is 11.2 Å². The van der Waals surface area contributed by atoms with Crippen LogP contribution in [0.2, 0.25) is 0 Å². The second-order valence-electron chi connectivity index (χ2n) is 4.36. The van der Waals surface area contributed by atoms with Crippen molar-refractivity contribution in [1.82, 2.24) is 5.32 Å². The third-order valence-electron chi connectivity index (χ3n) is 3.17. The molecule has 0 heterocycles. The molecule has 0 radical (unpaired) electrons. The molecule has 0 fully saturated rings. The smallest absolute Gasteiger partial charge is 0.171 e. The molecule has 0 aromatic heterocycles. The maximum atomic E-state index is 5.33. The van der Waals surface area contributed by atoms with E-state index in [4.69, 9.17) is 12.2 Å². The van der Waals surface area contributed by atoms with Gasteiger partial charge in [0.25, 0.3) is 0 Å². The molecular formula is C14H22N2S. The first-order chi connectivity index (χ1) is 8.08. The van der Waals surface area contributed by atoms with Crippen molar-refractivity contribution < 1.29 is 0 Å². The van der Waals surface area contributed by atoms with Crippen LogP contribution < -0.4 is 10.6 Å². The SMILES string of the molecule is CCC(CC)NC(=S)Nc1cccc(C)c1C. The summed E-state index contributed by atoms with van der Waals surface area (Å²) >= 11 is 5.33. The van der Waals surface area contributed by atoms with Crippen LogP contribution in [0.15, 0.2) is 18.2 Å². The third kappa shape index (κ3) is 4.00. The van der Waals surface area contributed by atoms with E-state index in [1.807, 2.05) is 6.07 Å².